The molecule has 0 amide bonds. The second kappa shape index (κ2) is 5.19. The monoisotopic (exact) mass is 322 g/mol. The first-order valence-corrected chi connectivity index (χ1v) is 9.81. The summed E-state index contributed by atoms with van der Waals surface area (Å²) < 4.78 is 0. The van der Waals surface area contributed by atoms with Crippen molar-refractivity contribution in [2.75, 3.05) is 0 Å². The highest BCUT2D eigenvalue weighted by molar-refractivity contribution is 5.12. The second-order valence-corrected chi connectivity index (χ2v) is 9.93. The average Bonchev–Trinajstić information content (AvgIpc) is 2.73. The Morgan fingerprint density at radius 1 is 0.826 bits per heavy atom. The largest absolute Gasteiger partial charge is 0.393 e. The van der Waals surface area contributed by atoms with Gasteiger partial charge in [-0.25, -0.2) is 0 Å². The van der Waals surface area contributed by atoms with Crippen molar-refractivity contribution in [3.05, 3.63) is 0 Å². The molecule has 0 aliphatic heterocycles. The van der Waals surface area contributed by atoms with Crippen LogP contribution in [-0.2, 0) is 0 Å². The van der Waals surface area contributed by atoms with Crippen LogP contribution < -0.4 is 0 Å². The molecule has 4 fully saturated rings. The third-order valence-electron chi connectivity index (χ3n) is 8.93. The molecule has 4 rings (SSSR count). The smallest absolute Gasteiger partial charge is 0.0622 e. The molecule has 0 heterocycles. The summed E-state index contributed by atoms with van der Waals surface area (Å²) in [7, 11) is 0. The predicted octanol–water partition coefficient (Wildman–Crippen LogP) is 2.97. The normalized spacial score (nSPS) is 62.3. The highest BCUT2D eigenvalue weighted by atomic mass is 16.3. The standard InChI is InChI=1S/C20H34O3/c1-11-8-15-17-14(5-7-20(15,3)18(11)23)19(2)6-4-13(21)9-12(19)10-16(17)22/h11-18,21-23H,4-10H2,1-3H3/t11-,12+,13+,14?,15?,16-,17?,18-,19+,20+/m1/s1. The Morgan fingerprint density at radius 3 is 2.26 bits per heavy atom. The molecule has 10 atom stereocenters. The van der Waals surface area contributed by atoms with Crippen molar-refractivity contribution in [2.24, 2.45) is 40.4 Å². The van der Waals surface area contributed by atoms with Crippen molar-refractivity contribution >= 4 is 0 Å². The van der Waals surface area contributed by atoms with E-state index in [-0.39, 0.29) is 29.1 Å². The van der Waals surface area contributed by atoms with Crippen LogP contribution in [0.2, 0.25) is 0 Å². The van der Waals surface area contributed by atoms with Gasteiger partial charge in [0, 0.05) is 0 Å². The quantitative estimate of drug-likeness (QED) is 0.642. The molecule has 0 aromatic carbocycles. The fourth-order valence-corrected chi connectivity index (χ4v) is 7.54. The molecule has 132 valence electrons. The van der Waals surface area contributed by atoms with Gasteiger partial charge < -0.3 is 15.3 Å². The van der Waals surface area contributed by atoms with Gasteiger partial charge >= 0.3 is 0 Å². The molecule has 0 spiro atoms. The Morgan fingerprint density at radius 2 is 1.52 bits per heavy atom. The lowest BCUT2D eigenvalue weighted by atomic mass is 9.44. The lowest BCUT2D eigenvalue weighted by Crippen LogP contribution is -2.58. The van der Waals surface area contributed by atoms with E-state index in [2.05, 4.69) is 20.8 Å². The molecule has 0 saturated heterocycles. The Hall–Kier alpha value is -0.120. The topological polar surface area (TPSA) is 60.7 Å². The molecule has 0 radical (unpaired) electrons. The minimum Gasteiger partial charge on any atom is -0.393 e. The van der Waals surface area contributed by atoms with Crippen LogP contribution in [0, 0.1) is 40.4 Å². The zero-order chi connectivity index (χ0) is 16.6. The predicted molar refractivity (Wildman–Crippen MR) is 89.7 cm³/mol. The first-order valence-electron chi connectivity index (χ1n) is 9.81. The number of hydrogen-bond donors (Lipinski definition) is 3. The van der Waals surface area contributed by atoms with E-state index < -0.39 is 0 Å². The van der Waals surface area contributed by atoms with Gasteiger partial charge in [0.2, 0.25) is 0 Å². The summed E-state index contributed by atoms with van der Waals surface area (Å²) in [5.74, 6) is 2.21. The summed E-state index contributed by atoms with van der Waals surface area (Å²) in [5, 5.41) is 31.9. The fraction of sp³-hybridized carbons (Fsp3) is 1.00. The molecule has 4 aliphatic rings. The van der Waals surface area contributed by atoms with E-state index in [4.69, 9.17) is 0 Å². The Balaban J connectivity index is 1.68. The zero-order valence-electron chi connectivity index (χ0n) is 14.9. The van der Waals surface area contributed by atoms with E-state index in [9.17, 15) is 15.3 Å². The van der Waals surface area contributed by atoms with Crippen LogP contribution in [0.1, 0.15) is 65.7 Å². The Labute approximate surface area is 140 Å². The SMILES string of the molecule is C[C@@H]1CC2C3C(CC[C@]2(C)[C@@H]1O)[C@@]1(C)CC[C@H](O)C[C@H]1C[C@H]3O. The molecule has 23 heavy (non-hydrogen) atoms. The lowest BCUT2D eigenvalue weighted by Gasteiger charge is -2.61. The maximum atomic E-state index is 11.0. The molecule has 0 aromatic rings. The molecule has 4 saturated carbocycles. The van der Waals surface area contributed by atoms with Crippen molar-refractivity contribution < 1.29 is 15.3 Å². The van der Waals surface area contributed by atoms with Gasteiger partial charge in [-0.05, 0) is 85.4 Å². The maximum absolute atomic E-state index is 11.0. The Bertz CT molecular complexity index is 480. The van der Waals surface area contributed by atoms with E-state index in [1.54, 1.807) is 0 Å². The molecule has 3 N–H and O–H groups in total. The van der Waals surface area contributed by atoms with Crippen LogP contribution in [-0.4, -0.2) is 33.6 Å². The van der Waals surface area contributed by atoms with Gasteiger partial charge in [0.25, 0.3) is 0 Å². The molecule has 3 heteroatoms. The lowest BCUT2D eigenvalue weighted by molar-refractivity contribution is -0.177. The van der Waals surface area contributed by atoms with Crippen molar-refractivity contribution in [1.29, 1.82) is 0 Å². The number of aliphatic hydroxyl groups is 3. The first kappa shape index (κ1) is 16.4. The van der Waals surface area contributed by atoms with Gasteiger partial charge in [-0.2, -0.15) is 0 Å². The van der Waals surface area contributed by atoms with Crippen molar-refractivity contribution in [3.63, 3.8) is 0 Å². The van der Waals surface area contributed by atoms with Gasteiger partial charge in [-0.1, -0.05) is 20.8 Å². The molecule has 4 aliphatic carbocycles. The highest BCUT2D eigenvalue weighted by Crippen LogP contribution is 2.66. The summed E-state index contributed by atoms with van der Waals surface area (Å²) in [5.41, 5.74) is 0.278. The van der Waals surface area contributed by atoms with Gasteiger partial charge in [-0.15, -0.1) is 0 Å². The van der Waals surface area contributed by atoms with E-state index in [1.807, 2.05) is 0 Å². The minimum atomic E-state index is -0.245. The fourth-order valence-electron chi connectivity index (χ4n) is 7.54. The second-order valence-electron chi connectivity index (χ2n) is 9.93. The average molecular weight is 322 g/mol. The van der Waals surface area contributed by atoms with E-state index >= 15 is 0 Å². The number of fused-ring (bicyclic) bond motifs is 5. The number of rotatable bonds is 0. The molecule has 3 nitrogen and oxygen atoms in total. The van der Waals surface area contributed by atoms with Crippen LogP contribution in [0.4, 0.5) is 0 Å². The Kier molecular flexibility index (Phi) is 3.69. The van der Waals surface area contributed by atoms with Gasteiger partial charge in [0.15, 0.2) is 0 Å². The third-order valence-corrected chi connectivity index (χ3v) is 8.93. The van der Waals surface area contributed by atoms with Crippen molar-refractivity contribution in [2.45, 2.75) is 84.0 Å². The van der Waals surface area contributed by atoms with Crippen LogP contribution in [0.15, 0.2) is 0 Å². The van der Waals surface area contributed by atoms with Crippen LogP contribution in [0.25, 0.3) is 0 Å². The van der Waals surface area contributed by atoms with Crippen molar-refractivity contribution in [1.82, 2.24) is 0 Å². The molecular formula is C20H34O3. The van der Waals surface area contributed by atoms with Crippen LogP contribution >= 0.6 is 0 Å². The number of hydrogen-bond acceptors (Lipinski definition) is 3. The summed E-state index contributed by atoms with van der Waals surface area (Å²) in [6.45, 7) is 6.89. The minimum absolute atomic E-state index is 0.00105. The summed E-state index contributed by atoms with van der Waals surface area (Å²) in [4.78, 5) is 0. The third kappa shape index (κ3) is 2.12. The first-order chi connectivity index (χ1) is 10.8. The van der Waals surface area contributed by atoms with Crippen molar-refractivity contribution in [3.8, 4) is 0 Å². The van der Waals surface area contributed by atoms with Gasteiger partial charge in [0.1, 0.15) is 0 Å². The van der Waals surface area contributed by atoms with E-state index in [1.165, 1.54) is 0 Å². The van der Waals surface area contributed by atoms with Crippen LogP contribution in [0.3, 0.4) is 0 Å². The molecule has 3 unspecified atom stereocenters. The molecular weight excluding hydrogens is 288 g/mol. The highest BCUT2D eigenvalue weighted by Gasteiger charge is 2.63. The van der Waals surface area contributed by atoms with Crippen LogP contribution in [0.5, 0.6) is 0 Å². The van der Waals surface area contributed by atoms with Gasteiger partial charge in [0.05, 0.1) is 18.3 Å². The van der Waals surface area contributed by atoms with Gasteiger partial charge in [-0.3, -0.25) is 0 Å². The maximum Gasteiger partial charge on any atom is 0.0622 e. The van der Waals surface area contributed by atoms with E-state index in [0.29, 0.717) is 29.6 Å². The summed E-state index contributed by atoms with van der Waals surface area (Å²) in [6, 6.07) is 0. The molecule has 0 aromatic heterocycles. The summed E-state index contributed by atoms with van der Waals surface area (Å²) >= 11 is 0. The van der Waals surface area contributed by atoms with E-state index in [0.717, 1.165) is 44.9 Å². The zero-order valence-corrected chi connectivity index (χ0v) is 14.9. The molecule has 0 bridgehead atoms. The summed E-state index contributed by atoms with van der Waals surface area (Å²) in [6.07, 6.45) is 6.44. The number of aliphatic hydroxyl groups excluding tert-OH is 3.